The first-order chi connectivity index (χ1) is 12.0. The summed E-state index contributed by atoms with van der Waals surface area (Å²) in [4.78, 5) is 39.4. The van der Waals surface area contributed by atoms with E-state index >= 15 is 0 Å². The highest BCUT2D eigenvalue weighted by atomic mass is 35.5. The van der Waals surface area contributed by atoms with E-state index in [9.17, 15) is 14.4 Å². The van der Waals surface area contributed by atoms with Gasteiger partial charge in [-0.1, -0.05) is 35.3 Å². The second-order valence-corrected chi connectivity index (χ2v) is 5.90. The molecule has 0 atom stereocenters. The molecule has 0 fully saturated rings. The second-order valence-electron chi connectivity index (χ2n) is 5.06. The third-order valence-electron chi connectivity index (χ3n) is 3.43. The van der Waals surface area contributed by atoms with Crippen molar-refractivity contribution in [1.82, 2.24) is 9.55 Å². The van der Waals surface area contributed by atoms with Crippen LogP contribution in [0.5, 0.6) is 0 Å². The minimum absolute atomic E-state index is 0.227. The Morgan fingerprint density at radius 1 is 1.00 bits per heavy atom. The first kappa shape index (κ1) is 17.0. The Labute approximate surface area is 151 Å². The molecule has 1 heterocycles. The van der Waals surface area contributed by atoms with E-state index in [0.29, 0.717) is 21.4 Å². The van der Waals surface area contributed by atoms with Gasteiger partial charge in [0.2, 0.25) is 0 Å². The van der Waals surface area contributed by atoms with Crippen molar-refractivity contribution >= 4 is 34.8 Å². The largest absolute Gasteiger partial charge is 0.333 e. The van der Waals surface area contributed by atoms with Crippen LogP contribution in [0.1, 0.15) is 10.4 Å². The molecule has 0 radical (unpaired) electrons. The lowest BCUT2D eigenvalue weighted by atomic mass is 10.2. The zero-order valence-corrected chi connectivity index (χ0v) is 14.1. The van der Waals surface area contributed by atoms with Crippen molar-refractivity contribution in [2.24, 2.45) is 0 Å². The van der Waals surface area contributed by atoms with Crippen LogP contribution in [0.25, 0.3) is 5.69 Å². The number of nitrogens with one attached hydrogen (secondary N) is 2. The third kappa shape index (κ3) is 3.50. The lowest BCUT2D eigenvalue weighted by Crippen LogP contribution is -2.38. The summed E-state index contributed by atoms with van der Waals surface area (Å²) in [5.74, 6) is -0.683. The van der Waals surface area contributed by atoms with E-state index < -0.39 is 17.2 Å². The molecule has 0 aliphatic rings. The van der Waals surface area contributed by atoms with Gasteiger partial charge in [0.1, 0.15) is 5.56 Å². The van der Waals surface area contributed by atoms with Crippen LogP contribution in [0, 0.1) is 0 Å². The molecule has 0 saturated carbocycles. The fraction of sp³-hybridized carbons (Fsp3) is 0. The van der Waals surface area contributed by atoms with Crippen LogP contribution >= 0.6 is 23.2 Å². The van der Waals surface area contributed by atoms with E-state index in [1.807, 2.05) is 0 Å². The summed E-state index contributed by atoms with van der Waals surface area (Å²) in [6, 6.07) is 12.7. The summed E-state index contributed by atoms with van der Waals surface area (Å²) in [6.45, 7) is 0. The summed E-state index contributed by atoms with van der Waals surface area (Å²) in [6.07, 6.45) is 1.07. The maximum absolute atomic E-state index is 12.6. The van der Waals surface area contributed by atoms with Gasteiger partial charge in [-0.05, 0) is 36.4 Å². The van der Waals surface area contributed by atoms with E-state index in [4.69, 9.17) is 23.2 Å². The van der Waals surface area contributed by atoms with Gasteiger partial charge in [0, 0.05) is 11.2 Å². The average molecular weight is 376 g/mol. The van der Waals surface area contributed by atoms with Crippen molar-refractivity contribution < 1.29 is 4.79 Å². The molecule has 1 amide bonds. The van der Waals surface area contributed by atoms with E-state index in [-0.39, 0.29) is 5.56 Å². The number of carbonyl (C=O) groups is 1. The number of hydrogen-bond acceptors (Lipinski definition) is 3. The van der Waals surface area contributed by atoms with Gasteiger partial charge >= 0.3 is 5.69 Å². The van der Waals surface area contributed by atoms with Crippen molar-refractivity contribution in [1.29, 1.82) is 0 Å². The normalized spacial score (nSPS) is 10.5. The number of hydrogen-bond donors (Lipinski definition) is 2. The first-order valence-corrected chi connectivity index (χ1v) is 7.89. The minimum atomic E-state index is -0.754. The number of benzene rings is 2. The van der Waals surface area contributed by atoms with Crippen molar-refractivity contribution in [3.05, 3.63) is 91.2 Å². The van der Waals surface area contributed by atoms with Crippen molar-refractivity contribution in [3.8, 4) is 5.69 Å². The van der Waals surface area contributed by atoms with Crippen LogP contribution < -0.4 is 16.6 Å². The molecule has 25 heavy (non-hydrogen) atoms. The molecule has 0 unspecified atom stereocenters. The third-order valence-corrected chi connectivity index (χ3v) is 4.01. The van der Waals surface area contributed by atoms with Crippen molar-refractivity contribution in [3.63, 3.8) is 0 Å². The Kier molecular flexibility index (Phi) is 4.74. The number of para-hydroxylation sites is 1. The standard InChI is InChI=1S/C17H11Cl2N3O3/c18-10-5-7-11(8-6-10)22-16(24)12(9-20-17(22)25)15(23)21-14-4-2-1-3-13(14)19/h1-9H,(H,20,25)(H,21,23). The Morgan fingerprint density at radius 3 is 2.36 bits per heavy atom. The number of amides is 1. The van der Waals surface area contributed by atoms with Crippen molar-refractivity contribution in [2.75, 3.05) is 5.32 Å². The maximum Gasteiger partial charge on any atom is 0.333 e. The molecule has 2 N–H and O–H groups in total. The van der Waals surface area contributed by atoms with Gasteiger partial charge < -0.3 is 10.3 Å². The highest BCUT2D eigenvalue weighted by Gasteiger charge is 2.16. The lowest BCUT2D eigenvalue weighted by molar-refractivity contribution is 0.102. The number of H-pyrrole nitrogens is 1. The van der Waals surface area contributed by atoms with Gasteiger partial charge in [-0.25, -0.2) is 9.36 Å². The van der Waals surface area contributed by atoms with Crippen LogP contribution in [0.2, 0.25) is 10.0 Å². The summed E-state index contributed by atoms with van der Waals surface area (Å²) < 4.78 is 0.859. The van der Waals surface area contributed by atoms with Gasteiger partial charge in [0.05, 0.1) is 16.4 Å². The minimum Gasteiger partial charge on any atom is -0.320 e. The molecule has 0 aliphatic carbocycles. The molecule has 0 aliphatic heterocycles. The Bertz CT molecular complexity index is 1060. The molecule has 3 aromatic rings. The van der Waals surface area contributed by atoms with Gasteiger partial charge in [-0.3, -0.25) is 9.59 Å². The molecule has 3 rings (SSSR count). The summed E-state index contributed by atoms with van der Waals surface area (Å²) in [7, 11) is 0. The first-order valence-electron chi connectivity index (χ1n) is 7.14. The fourth-order valence-corrected chi connectivity index (χ4v) is 2.52. The predicted molar refractivity (Wildman–Crippen MR) is 97.1 cm³/mol. The predicted octanol–water partition coefficient (Wildman–Crippen LogP) is 3.08. The van der Waals surface area contributed by atoms with Gasteiger partial charge in [-0.15, -0.1) is 0 Å². The van der Waals surface area contributed by atoms with Gasteiger partial charge in [-0.2, -0.15) is 0 Å². The number of halogens is 2. The topological polar surface area (TPSA) is 84.0 Å². The summed E-state index contributed by atoms with van der Waals surface area (Å²) in [5.41, 5.74) is -0.993. The maximum atomic E-state index is 12.6. The number of rotatable bonds is 3. The Balaban J connectivity index is 2.04. The van der Waals surface area contributed by atoms with Crippen LogP contribution in [-0.2, 0) is 0 Å². The molecular weight excluding hydrogens is 365 g/mol. The smallest absolute Gasteiger partial charge is 0.320 e. The zero-order valence-electron chi connectivity index (χ0n) is 12.6. The highest BCUT2D eigenvalue weighted by Crippen LogP contribution is 2.20. The van der Waals surface area contributed by atoms with Crippen LogP contribution in [-0.4, -0.2) is 15.5 Å². The molecule has 0 bridgehead atoms. The number of anilines is 1. The number of nitrogens with zero attached hydrogens (tertiary/aromatic N) is 1. The summed E-state index contributed by atoms with van der Waals surface area (Å²) in [5, 5.41) is 3.34. The van der Waals surface area contributed by atoms with Crippen LogP contribution in [0.3, 0.4) is 0 Å². The highest BCUT2D eigenvalue weighted by molar-refractivity contribution is 6.33. The Morgan fingerprint density at radius 2 is 1.68 bits per heavy atom. The van der Waals surface area contributed by atoms with E-state index in [0.717, 1.165) is 10.8 Å². The molecule has 0 spiro atoms. The van der Waals surface area contributed by atoms with Gasteiger partial charge in [0.15, 0.2) is 0 Å². The van der Waals surface area contributed by atoms with Gasteiger partial charge in [0.25, 0.3) is 11.5 Å². The van der Waals surface area contributed by atoms with E-state index in [2.05, 4.69) is 10.3 Å². The van der Waals surface area contributed by atoms with E-state index in [1.165, 1.54) is 12.1 Å². The molecule has 6 nitrogen and oxygen atoms in total. The van der Waals surface area contributed by atoms with Crippen molar-refractivity contribution in [2.45, 2.75) is 0 Å². The van der Waals surface area contributed by atoms with Crippen LogP contribution in [0.4, 0.5) is 5.69 Å². The van der Waals surface area contributed by atoms with E-state index in [1.54, 1.807) is 36.4 Å². The average Bonchev–Trinajstić information content (AvgIpc) is 2.58. The Hall–Kier alpha value is -2.83. The number of aromatic amines is 1. The lowest BCUT2D eigenvalue weighted by Gasteiger charge is -2.09. The molecule has 126 valence electrons. The van der Waals surface area contributed by atoms with Crippen LogP contribution in [0.15, 0.2) is 64.3 Å². The molecule has 2 aromatic carbocycles. The molecule has 1 aromatic heterocycles. The number of carbonyl (C=O) groups excluding carboxylic acids is 1. The second kappa shape index (κ2) is 6.96. The summed E-state index contributed by atoms with van der Waals surface area (Å²) >= 11 is 11.8. The SMILES string of the molecule is O=C(Nc1ccccc1Cl)c1c[nH]c(=O)n(-c2ccc(Cl)cc2)c1=O. The monoisotopic (exact) mass is 375 g/mol. The zero-order chi connectivity index (χ0) is 18.0. The molecular formula is C17H11Cl2N3O3. The quantitative estimate of drug-likeness (QED) is 0.737. The molecule has 8 heteroatoms. The molecule has 0 saturated heterocycles. The fourth-order valence-electron chi connectivity index (χ4n) is 2.21. The number of aromatic nitrogens is 2.